The molecule has 3 aromatic heterocycles. The number of aromatic nitrogens is 6. The maximum Gasteiger partial charge on any atom is 0.226 e. The van der Waals surface area contributed by atoms with Crippen molar-refractivity contribution < 1.29 is 17.9 Å². The fourth-order valence-corrected chi connectivity index (χ4v) is 5.73. The topological polar surface area (TPSA) is 157 Å². The fourth-order valence-electron chi connectivity index (χ4n) is 5.18. The van der Waals surface area contributed by atoms with E-state index >= 15 is 0 Å². The molecule has 1 aliphatic heterocycles. The second kappa shape index (κ2) is 12.0. The molecular formula is C30H33N9O4S. The van der Waals surface area contributed by atoms with Gasteiger partial charge in [-0.1, -0.05) is 0 Å². The van der Waals surface area contributed by atoms with E-state index in [4.69, 9.17) is 9.72 Å². The van der Waals surface area contributed by atoms with E-state index in [1.165, 1.54) is 6.33 Å². The Kier molecular flexibility index (Phi) is 7.99. The smallest absolute Gasteiger partial charge is 0.226 e. The zero-order chi connectivity index (χ0) is 30.8. The molecule has 2 aromatic carbocycles. The van der Waals surface area contributed by atoms with Crippen molar-refractivity contribution in [2.45, 2.75) is 32.2 Å². The molecule has 0 aliphatic carbocycles. The highest BCUT2D eigenvalue weighted by atomic mass is 32.2. The maximum absolute atomic E-state index is 12.2. The van der Waals surface area contributed by atoms with Gasteiger partial charge in [0.1, 0.15) is 38.7 Å². The minimum absolute atomic E-state index is 0.0209. The molecule has 4 heterocycles. The van der Waals surface area contributed by atoms with Crippen molar-refractivity contribution in [3.8, 4) is 11.5 Å². The van der Waals surface area contributed by atoms with Crippen LogP contribution in [0.4, 0.5) is 17.5 Å². The number of hydrogen-bond donors (Lipinski definition) is 2. The summed E-state index contributed by atoms with van der Waals surface area (Å²) in [6.07, 6.45) is 7.45. The summed E-state index contributed by atoms with van der Waals surface area (Å²) in [6.45, 7) is 3.27. The molecule has 0 unspecified atom stereocenters. The Hall–Kier alpha value is -4.85. The first-order chi connectivity index (χ1) is 21.1. The number of imidazole rings is 1. The predicted octanol–water partition coefficient (Wildman–Crippen LogP) is 3.67. The van der Waals surface area contributed by atoms with Gasteiger partial charge in [0.15, 0.2) is 5.82 Å². The summed E-state index contributed by atoms with van der Waals surface area (Å²) in [5.74, 6) is 2.16. The molecule has 1 amide bonds. The van der Waals surface area contributed by atoms with Gasteiger partial charge in [-0.3, -0.25) is 4.79 Å². The molecule has 1 saturated heterocycles. The standard InChI is InChI=1S/C30H33N9O4S/c1-19-14-21(4-7-26(19)43-22-5-6-25-23(15-22)34-18-38(25)2)36-29-28-24(32-17-33-29)16-31-30(37-28)39-11-8-20(9-12-39)35-27(40)10-13-44(3,41)42/h4-7,14-18,20H,8-13H2,1-3H3,(H,35,40)(H,32,33,36). The highest BCUT2D eigenvalue weighted by Crippen LogP contribution is 2.31. The molecule has 1 aliphatic rings. The van der Waals surface area contributed by atoms with Crippen molar-refractivity contribution in [1.29, 1.82) is 0 Å². The van der Waals surface area contributed by atoms with Crippen molar-refractivity contribution in [2.24, 2.45) is 7.05 Å². The highest BCUT2D eigenvalue weighted by molar-refractivity contribution is 7.90. The summed E-state index contributed by atoms with van der Waals surface area (Å²) in [7, 11) is -1.22. The van der Waals surface area contributed by atoms with E-state index in [0.717, 1.165) is 34.3 Å². The molecule has 0 saturated carbocycles. The molecule has 6 rings (SSSR count). The molecule has 5 aromatic rings. The number of anilines is 3. The normalized spacial score (nSPS) is 14.2. The van der Waals surface area contributed by atoms with E-state index in [1.54, 1.807) is 12.5 Å². The molecule has 2 N–H and O–H groups in total. The van der Waals surface area contributed by atoms with Crippen LogP contribution in [0.3, 0.4) is 0 Å². The van der Waals surface area contributed by atoms with E-state index in [0.29, 0.717) is 54.5 Å². The summed E-state index contributed by atoms with van der Waals surface area (Å²) >= 11 is 0. The van der Waals surface area contributed by atoms with Gasteiger partial charge in [0, 0.05) is 50.6 Å². The molecule has 0 radical (unpaired) electrons. The third kappa shape index (κ3) is 6.70. The lowest BCUT2D eigenvalue weighted by Crippen LogP contribution is -2.45. The van der Waals surface area contributed by atoms with Gasteiger partial charge in [-0.15, -0.1) is 0 Å². The molecule has 0 bridgehead atoms. The maximum atomic E-state index is 12.2. The largest absolute Gasteiger partial charge is 0.457 e. The van der Waals surface area contributed by atoms with Gasteiger partial charge in [0.2, 0.25) is 11.9 Å². The molecular weight excluding hydrogens is 582 g/mol. The van der Waals surface area contributed by atoms with Crippen LogP contribution in [-0.4, -0.2) is 75.0 Å². The summed E-state index contributed by atoms with van der Waals surface area (Å²) in [5, 5.41) is 6.31. The molecule has 228 valence electrons. The number of nitrogens with one attached hydrogen (secondary N) is 2. The van der Waals surface area contributed by atoms with Gasteiger partial charge < -0.3 is 24.8 Å². The number of aryl methyl sites for hydroxylation is 2. The molecule has 44 heavy (non-hydrogen) atoms. The second-order valence-corrected chi connectivity index (χ2v) is 13.3. The predicted molar refractivity (Wildman–Crippen MR) is 168 cm³/mol. The number of rotatable bonds is 9. The van der Waals surface area contributed by atoms with Gasteiger partial charge in [-0.2, -0.15) is 0 Å². The van der Waals surface area contributed by atoms with E-state index in [1.807, 2.05) is 54.9 Å². The van der Waals surface area contributed by atoms with E-state index in [-0.39, 0.29) is 24.1 Å². The monoisotopic (exact) mass is 615 g/mol. The Morgan fingerprint density at radius 1 is 1.05 bits per heavy atom. The Labute approximate surface area is 254 Å². The van der Waals surface area contributed by atoms with Crippen LogP contribution in [0.2, 0.25) is 0 Å². The second-order valence-electron chi connectivity index (χ2n) is 11.0. The van der Waals surface area contributed by atoms with Crippen LogP contribution in [0.5, 0.6) is 11.5 Å². The highest BCUT2D eigenvalue weighted by Gasteiger charge is 2.23. The number of piperidine rings is 1. The summed E-state index contributed by atoms with van der Waals surface area (Å²) < 4.78 is 30.8. The van der Waals surface area contributed by atoms with Crippen molar-refractivity contribution in [2.75, 3.05) is 35.3 Å². The number of hydrogen-bond acceptors (Lipinski definition) is 11. The minimum Gasteiger partial charge on any atom is -0.457 e. The van der Waals surface area contributed by atoms with Crippen LogP contribution in [0.1, 0.15) is 24.8 Å². The van der Waals surface area contributed by atoms with Gasteiger partial charge >= 0.3 is 0 Å². The quantitative estimate of drug-likeness (QED) is 0.249. The Morgan fingerprint density at radius 2 is 1.86 bits per heavy atom. The SMILES string of the molecule is Cc1cc(Nc2ncnc3cnc(N4CCC(NC(=O)CCS(C)(=O)=O)CC4)nc23)ccc1Oc1ccc2c(c1)ncn2C. The van der Waals surface area contributed by atoms with Crippen LogP contribution in [0, 0.1) is 6.92 Å². The van der Waals surface area contributed by atoms with Crippen LogP contribution >= 0.6 is 0 Å². The van der Waals surface area contributed by atoms with Crippen LogP contribution in [0.25, 0.3) is 22.1 Å². The molecule has 0 atom stereocenters. The number of ether oxygens (including phenoxy) is 1. The van der Waals surface area contributed by atoms with Gasteiger partial charge in [-0.25, -0.2) is 33.3 Å². The van der Waals surface area contributed by atoms with Gasteiger partial charge in [-0.05, 0) is 55.7 Å². The van der Waals surface area contributed by atoms with Crippen molar-refractivity contribution in [3.63, 3.8) is 0 Å². The number of fused-ring (bicyclic) bond motifs is 2. The molecule has 14 heteroatoms. The zero-order valence-corrected chi connectivity index (χ0v) is 25.5. The van der Waals surface area contributed by atoms with Crippen molar-refractivity contribution in [1.82, 2.24) is 34.8 Å². The van der Waals surface area contributed by atoms with Gasteiger partial charge in [0.05, 0.1) is 29.3 Å². The van der Waals surface area contributed by atoms with Crippen LogP contribution < -0.4 is 20.3 Å². The summed E-state index contributed by atoms with van der Waals surface area (Å²) in [6, 6.07) is 11.6. The van der Waals surface area contributed by atoms with Gasteiger partial charge in [0.25, 0.3) is 0 Å². The zero-order valence-electron chi connectivity index (χ0n) is 24.7. The fraction of sp³-hybridized carbons (Fsp3) is 0.333. The van der Waals surface area contributed by atoms with Crippen LogP contribution in [0.15, 0.2) is 55.2 Å². The number of amides is 1. The molecule has 0 spiro atoms. The average molecular weight is 616 g/mol. The number of nitrogens with zero attached hydrogens (tertiary/aromatic N) is 7. The van der Waals surface area contributed by atoms with Crippen LogP contribution in [-0.2, 0) is 21.7 Å². The number of sulfone groups is 1. The molecule has 1 fully saturated rings. The molecule has 13 nitrogen and oxygen atoms in total. The lowest BCUT2D eigenvalue weighted by molar-refractivity contribution is -0.121. The first kappa shape index (κ1) is 29.2. The van der Waals surface area contributed by atoms with Crippen molar-refractivity contribution >= 4 is 55.3 Å². The number of carbonyl (C=O) groups excluding carboxylic acids is 1. The van der Waals surface area contributed by atoms with E-state index in [2.05, 4.69) is 35.5 Å². The summed E-state index contributed by atoms with van der Waals surface area (Å²) in [5.41, 5.74) is 4.88. The number of benzene rings is 2. The Bertz CT molecular complexity index is 1950. The Morgan fingerprint density at radius 3 is 2.64 bits per heavy atom. The third-order valence-corrected chi connectivity index (χ3v) is 8.52. The van der Waals surface area contributed by atoms with E-state index in [9.17, 15) is 13.2 Å². The third-order valence-electron chi connectivity index (χ3n) is 7.57. The first-order valence-corrected chi connectivity index (χ1v) is 16.3. The number of carbonyl (C=O) groups is 1. The lowest BCUT2D eigenvalue weighted by atomic mass is 10.1. The first-order valence-electron chi connectivity index (χ1n) is 14.3. The Balaban J connectivity index is 1.12. The van der Waals surface area contributed by atoms with E-state index < -0.39 is 9.84 Å². The minimum atomic E-state index is -3.18. The lowest BCUT2D eigenvalue weighted by Gasteiger charge is -2.32. The summed E-state index contributed by atoms with van der Waals surface area (Å²) in [4.78, 5) is 36.8. The average Bonchev–Trinajstić information content (AvgIpc) is 3.37. The van der Waals surface area contributed by atoms with Crippen molar-refractivity contribution in [3.05, 3.63) is 60.8 Å².